The highest BCUT2D eigenvalue weighted by Gasteiger charge is 2.20. The van der Waals surface area contributed by atoms with Gasteiger partial charge in [-0.05, 0) is 52.9 Å². The van der Waals surface area contributed by atoms with Crippen LogP contribution in [0.3, 0.4) is 0 Å². The largest absolute Gasteiger partial charge is 0.493 e. The fourth-order valence-corrected chi connectivity index (χ4v) is 3.80. The molecule has 130 valence electrons. The second-order valence-electron chi connectivity index (χ2n) is 6.13. The topological polar surface area (TPSA) is 30.9 Å². The molecule has 24 heavy (non-hydrogen) atoms. The third-order valence-corrected chi connectivity index (χ3v) is 5.06. The van der Waals surface area contributed by atoms with Crippen molar-refractivity contribution in [3.8, 4) is 11.5 Å². The third-order valence-electron chi connectivity index (χ3n) is 4.33. The fourth-order valence-electron chi connectivity index (χ4n) is 3.14. The molecule has 1 aromatic carbocycles. The molecule has 0 spiro atoms. The summed E-state index contributed by atoms with van der Waals surface area (Å²) in [6.45, 7) is 3.67. The van der Waals surface area contributed by atoms with Gasteiger partial charge in [0.05, 0.1) is 20.3 Å². The lowest BCUT2D eigenvalue weighted by molar-refractivity contribution is 0.0679. The lowest BCUT2D eigenvalue weighted by Crippen LogP contribution is -2.31. The van der Waals surface area contributed by atoms with Crippen molar-refractivity contribution in [3.63, 3.8) is 0 Å². The molecule has 3 rings (SSSR count). The first-order valence-electron chi connectivity index (χ1n) is 8.34. The summed E-state index contributed by atoms with van der Waals surface area (Å²) in [7, 11) is 3.34. The van der Waals surface area contributed by atoms with Gasteiger partial charge in [-0.1, -0.05) is 6.07 Å². The zero-order valence-electron chi connectivity index (χ0n) is 14.4. The third kappa shape index (κ3) is 4.50. The van der Waals surface area contributed by atoms with Crippen LogP contribution < -0.4 is 9.47 Å². The molecule has 0 radical (unpaired) electrons. The fraction of sp³-hybridized carbons (Fsp3) is 0.474. The van der Waals surface area contributed by atoms with Crippen LogP contribution in [0.25, 0.3) is 0 Å². The Balaban J connectivity index is 1.72. The van der Waals surface area contributed by atoms with E-state index in [0.29, 0.717) is 6.10 Å². The lowest BCUT2D eigenvalue weighted by atomic mass is 10.1. The van der Waals surface area contributed by atoms with Gasteiger partial charge >= 0.3 is 0 Å². The van der Waals surface area contributed by atoms with Gasteiger partial charge in [-0.25, -0.2) is 0 Å². The van der Waals surface area contributed by atoms with Crippen LogP contribution in [0.15, 0.2) is 35.0 Å². The zero-order valence-corrected chi connectivity index (χ0v) is 15.2. The summed E-state index contributed by atoms with van der Waals surface area (Å²) in [4.78, 5) is 2.46. The second kappa shape index (κ2) is 8.51. The van der Waals surface area contributed by atoms with Gasteiger partial charge in [-0.3, -0.25) is 4.90 Å². The van der Waals surface area contributed by atoms with Crippen LogP contribution in [0.1, 0.15) is 24.0 Å². The molecule has 1 fully saturated rings. The van der Waals surface area contributed by atoms with Gasteiger partial charge in [0.15, 0.2) is 11.5 Å². The van der Waals surface area contributed by atoms with Gasteiger partial charge in [0, 0.05) is 26.2 Å². The van der Waals surface area contributed by atoms with Gasteiger partial charge in [-0.2, -0.15) is 11.3 Å². The predicted molar refractivity (Wildman–Crippen MR) is 97.0 cm³/mol. The summed E-state index contributed by atoms with van der Waals surface area (Å²) in [5.41, 5.74) is 2.58. The number of rotatable bonds is 8. The molecule has 0 N–H and O–H groups in total. The normalized spacial score (nSPS) is 17.4. The Morgan fingerprint density at radius 2 is 1.96 bits per heavy atom. The maximum Gasteiger partial charge on any atom is 0.161 e. The molecule has 0 saturated carbocycles. The Labute approximate surface area is 148 Å². The average molecular weight is 347 g/mol. The van der Waals surface area contributed by atoms with E-state index in [1.54, 1.807) is 25.6 Å². The van der Waals surface area contributed by atoms with E-state index in [0.717, 1.165) is 44.2 Å². The minimum Gasteiger partial charge on any atom is -0.493 e. The summed E-state index contributed by atoms with van der Waals surface area (Å²) in [5, 5.41) is 4.35. The van der Waals surface area contributed by atoms with Gasteiger partial charge in [0.2, 0.25) is 0 Å². The Kier molecular flexibility index (Phi) is 6.12. The van der Waals surface area contributed by atoms with Crippen molar-refractivity contribution >= 4 is 11.3 Å². The molecule has 0 aliphatic carbocycles. The highest BCUT2D eigenvalue weighted by molar-refractivity contribution is 7.07. The number of hydrogen-bond donors (Lipinski definition) is 0. The smallest absolute Gasteiger partial charge is 0.161 e. The molecule has 2 heterocycles. The molecule has 5 heteroatoms. The van der Waals surface area contributed by atoms with Crippen molar-refractivity contribution in [1.29, 1.82) is 0 Å². The van der Waals surface area contributed by atoms with Gasteiger partial charge in [0.1, 0.15) is 0 Å². The molecule has 1 aromatic heterocycles. The van der Waals surface area contributed by atoms with E-state index < -0.39 is 0 Å². The molecular formula is C19H25NO3S. The van der Waals surface area contributed by atoms with E-state index in [1.807, 2.05) is 6.07 Å². The average Bonchev–Trinajstić information content (AvgIpc) is 3.28. The summed E-state index contributed by atoms with van der Waals surface area (Å²) in [6.07, 6.45) is 2.68. The quantitative estimate of drug-likeness (QED) is 0.723. The van der Waals surface area contributed by atoms with Crippen LogP contribution in [-0.4, -0.2) is 38.4 Å². The highest BCUT2D eigenvalue weighted by Crippen LogP contribution is 2.28. The molecule has 1 aliphatic rings. The lowest BCUT2D eigenvalue weighted by Gasteiger charge is -2.25. The molecule has 1 atom stereocenters. The molecule has 1 saturated heterocycles. The van der Waals surface area contributed by atoms with E-state index in [2.05, 4.69) is 33.9 Å². The first-order chi connectivity index (χ1) is 11.8. The summed E-state index contributed by atoms with van der Waals surface area (Å²) in [6, 6.07) is 8.34. The van der Waals surface area contributed by atoms with Crippen LogP contribution in [0.2, 0.25) is 0 Å². The van der Waals surface area contributed by atoms with E-state index in [-0.39, 0.29) is 0 Å². The van der Waals surface area contributed by atoms with Crippen LogP contribution in [-0.2, 0) is 17.8 Å². The minimum atomic E-state index is 0.351. The molecule has 0 unspecified atom stereocenters. The maximum atomic E-state index is 5.84. The van der Waals surface area contributed by atoms with Crippen LogP contribution in [0.5, 0.6) is 11.5 Å². The Bertz CT molecular complexity index is 624. The number of thiophene rings is 1. The van der Waals surface area contributed by atoms with Gasteiger partial charge in [-0.15, -0.1) is 0 Å². The van der Waals surface area contributed by atoms with Crippen molar-refractivity contribution in [3.05, 3.63) is 46.2 Å². The predicted octanol–water partition coefficient (Wildman–Crippen LogP) is 3.95. The molecule has 4 nitrogen and oxygen atoms in total. The first-order valence-corrected chi connectivity index (χ1v) is 9.28. The molecule has 0 amide bonds. The Morgan fingerprint density at radius 1 is 1.12 bits per heavy atom. The van der Waals surface area contributed by atoms with E-state index in [9.17, 15) is 0 Å². The first kappa shape index (κ1) is 17.3. The Morgan fingerprint density at radius 3 is 2.62 bits per heavy atom. The van der Waals surface area contributed by atoms with Crippen LogP contribution in [0, 0.1) is 0 Å². The number of ether oxygens (including phenoxy) is 3. The van der Waals surface area contributed by atoms with Crippen molar-refractivity contribution in [2.75, 3.05) is 27.4 Å². The molecular weight excluding hydrogens is 322 g/mol. The van der Waals surface area contributed by atoms with Gasteiger partial charge in [0.25, 0.3) is 0 Å². The van der Waals surface area contributed by atoms with E-state index in [1.165, 1.54) is 17.5 Å². The van der Waals surface area contributed by atoms with Crippen molar-refractivity contribution in [2.45, 2.75) is 32.0 Å². The summed E-state index contributed by atoms with van der Waals surface area (Å²) < 4.78 is 16.6. The van der Waals surface area contributed by atoms with Crippen molar-refractivity contribution < 1.29 is 14.2 Å². The maximum absolute atomic E-state index is 5.84. The number of methoxy groups -OCH3 is 2. The summed E-state index contributed by atoms with van der Waals surface area (Å²) in [5.74, 6) is 1.55. The highest BCUT2D eigenvalue weighted by atomic mass is 32.1. The minimum absolute atomic E-state index is 0.351. The summed E-state index contributed by atoms with van der Waals surface area (Å²) >= 11 is 1.75. The van der Waals surface area contributed by atoms with Gasteiger partial charge < -0.3 is 14.2 Å². The SMILES string of the molecule is COc1ccc(CN(Cc2ccsc2)C[C@H]2CCCO2)cc1OC. The van der Waals surface area contributed by atoms with Crippen molar-refractivity contribution in [1.82, 2.24) is 4.90 Å². The second-order valence-corrected chi connectivity index (χ2v) is 6.91. The number of hydrogen-bond acceptors (Lipinski definition) is 5. The molecule has 1 aliphatic heterocycles. The monoisotopic (exact) mass is 347 g/mol. The zero-order chi connectivity index (χ0) is 16.8. The van der Waals surface area contributed by atoms with E-state index >= 15 is 0 Å². The number of nitrogens with zero attached hydrogens (tertiary/aromatic N) is 1. The van der Waals surface area contributed by atoms with Crippen molar-refractivity contribution in [2.24, 2.45) is 0 Å². The molecule has 2 aromatic rings. The molecule has 0 bridgehead atoms. The van der Waals surface area contributed by atoms with E-state index in [4.69, 9.17) is 14.2 Å². The van der Waals surface area contributed by atoms with Crippen LogP contribution in [0.4, 0.5) is 0 Å². The standard InChI is InChI=1S/C19H25NO3S/c1-21-18-6-5-15(10-19(18)22-2)11-20(12-16-7-9-24-14-16)13-17-4-3-8-23-17/h5-7,9-10,14,17H,3-4,8,11-13H2,1-2H3/t17-/m1/s1. The Hall–Kier alpha value is -1.56. The van der Waals surface area contributed by atoms with Crippen LogP contribution >= 0.6 is 11.3 Å². The number of benzene rings is 1.